The highest BCUT2D eigenvalue weighted by Gasteiger charge is 2.10. The van der Waals surface area contributed by atoms with E-state index >= 15 is 0 Å². The first kappa shape index (κ1) is 14.1. The van der Waals surface area contributed by atoms with Gasteiger partial charge in [-0.3, -0.25) is 4.40 Å². The monoisotopic (exact) mass is 301 g/mol. The molecular weight excluding hydrogens is 282 g/mol. The fourth-order valence-electron chi connectivity index (χ4n) is 2.43. The highest BCUT2D eigenvalue weighted by atomic mass is 32.1. The van der Waals surface area contributed by atoms with Crippen molar-refractivity contribution in [1.82, 2.24) is 14.7 Å². The van der Waals surface area contributed by atoms with Crippen LogP contribution in [0.1, 0.15) is 21.8 Å². The van der Waals surface area contributed by atoms with E-state index in [-0.39, 0.29) is 0 Å². The van der Waals surface area contributed by atoms with E-state index in [0.717, 1.165) is 29.5 Å². The van der Waals surface area contributed by atoms with Gasteiger partial charge >= 0.3 is 0 Å². The standard InChI is InChI=1S/C16H19N3OS/c1-11-10-19-15(12(2)18-16(19)21-11)9-17-8-13-5-4-6-14(7-13)20-3/h4-7,10,17H,8-9H2,1-3H3. The fraction of sp³-hybridized carbons (Fsp3) is 0.312. The molecule has 0 unspecified atom stereocenters. The quantitative estimate of drug-likeness (QED) is 0.786. The summed E-state index contributed by atoms with van der Waals surface area (Å²) in [6, 6.07) is 8.13. The average molecular weight is 301 g/mol. The highest BCUT2D eigenvalue weighted by Crippen LogP contribution is 2.20. The largest absolute Gasteiger partial charge is 0.497 e. The van der Waals surface area contributed by atoms with Crippen molar-refractivity contribution >= 4 is 16.3 Å². The summed E-state index contributed by atoms with van der Waals surface area (Å²) in [5.41, 5.74) is 3.55. The molecule has 0 saturated heterocycles. The molecule has 5 heteroatoms. The van der Waals surface area contributed by atoms with Gasteiger partial charge in [-0.25, -0.2) is 4.98 Å². The molecule has 1 aromatic carbocycles. The van der Waals surface area contributed by atoms with E-state index in [0.29, 0.717) is 0 Å². The van der Waals surface area contributed by atoms with Crippen molar-refractivity contribution in [2.24, 2.45) is 0 Å². The smallest absolute Gasteiger partial charge is 0.194 e. The third-order valence-corrected chi connectivity index (χ3v) is 4.39. The topological polar surface area (TPSA) is 38.6 Å². The van der Waals surface area contributed by atoms with Crippen LogP contribution < -0.4 is 10.1 Å². The van der Waals surface area contributed by atoms with Crippen LogP contribution >= 0.6 is 11.3 Å². The van der Waals surface area contributed by atoms with E-state index in [1.165, 1.54) is 16.1 Å². The van der Waals surface area contributed by atoms with E-state index in [2.05, 4.69) is 46.9 Å². The summed E-state index contributed by atoms with van der Waals surface area (Å²) >= 11 is 1.73. The minimum absolute atomic E-state index is 0.806. The third kappa shape index (κ3) is 2.94. The lowest BCUT2D eigenvalue weighted by molar-refractivity contribution is 0.414. The molecule has 0 atom stereocenters. The first-order valence-corrected chi connectivity index (χ1v) is 7.76. The summed E-state index contributed by atoms with van der Waals surface area (Å²) in [6.45, 7) is 5.80. The van der Waals surface area contributed by atoms with Crippen molar-refractivity contribution in [1.29, 1.82) is 0 Å². The summed E-state index contributed by atoms with van der Waals surface area (Å²) in [6.07, 6.45) is 2.16. The predicted octanol–water partition coefficient (Wildman–Crippen LogP) is 3.31. The Morgan fingerprint density at radius 2 is 2.14 bits per heavy atom. The Morgan fingerprint density at radius 3 is 2.95 bits per heavy atom. The molecule has 0 aliphatic rings. The second-order valence-electron chi connectivity index (χ2n) is 5.09. The van der Waals surface area contributed by atoms with Gasteiger partial charge in [0.1, 0.15) is 5.75 Å². The number of imidazole rings is 1. The second-order valence-corrected chi connectivity index (χ2v) is 6.31. The van der Waals surface area contributed by atoms with Gasteiger partial charge in [0.2, 0.25) is 0 Å². The van der Waals surface area contributed by atoms with Crippen LogP contribution in [0.15, 0.2) is 30.5 Å². The molecule has 0 amide bonds. The molecule has 0 spiro atoms. The molecule has 4 nitrogen and oxygen atoms in total. The third-order valence-electron chi connectivity index (χ3n) is 3.50. The molecule has 1 N–H and O–H groups in total. The minimum Gasteiger partial charge on any atom is -0.497 e. The number of hydrogen-bond donors (Lipinski definition) is 1. The summed E-state index contributed by atoms with van der Waals surface area (Å²) in [4.78, 5) is 6.96. The maximum atomic E-state index is 5.25. The van der Waals surface area contributed by atoms with Crippen LogP contribution in [0.2, 0.25) is 0 Å². The summed E-state index contributed by atoms with van der Waals surface area (Å²) < 4.78 is 7.43. The number of benzene rings is 1. The Balaban J connectivity index is 1.70. The van der Waals surface area contributed by atoms with Crippen LogP contribution in [-0.4, -0.2) is 16.5 Å². The van der Waals surface area contributed by atoms with Gasteiger partial charge in [-0.15, -0.1) is 11.3 Å². The molecule has 0 fully saturated rings. The summed E-state index contributed by atoms with van der Waals surface area (Å²) in [5, 5.41) is 3.49. The molecule has 110 valence electrons. The Labute approximate surface area is 128 Å². The Kier molecular flexibility index (Phi) is 3.94. The molecule has 21 heavy (non-hydrogen) atoms. The fourth-order valence-corrected chi connectivity index (χ4v) is 3.32. The molecule has 0 aliphatic carbocycles. The van der Waals surface area contributed by atoms with Crippen LogP contribution in [0.3, 0.4) is 0 Å². The number of aromatic nitrogens is 2. The molecule has 2 heterocycles. The number of nitrogens with zero attached hydrogens (tertiary/aromatic N) is 2. The van der Waals surface area contributed by atoms with Crippen molar-refractivity contribution in [3.63, 3.8) is 0 Å². The molecule has 2 aromatic heterocycles. The van der Waals surface area contributed by atoms with E-state index in [1.807, 2.05) is 12.1 Å². The number of rotatable bonds is 5. The first-order valence-electron chi connectivity index (χ1n) is 6.95. The SMILES string of the molecule is COc1cccc(CNCc2c(C)nc3sc(C)cn23)c1. The molecule has 3 rings (SSSR count). The zero-order chi connectivity index (χ0) is 14.8. The zero-order valence-corrected chi connectivity index (χ0v) is 13.3. The van der Waals surface area contributed by atoms with Crippen LogP contribution in [-0.2, 0) is 13.1 Å². The number of hydrogen-bond acceptors (Lipinski definition) is 4. The van der Waals surface area contributed by atoms with Gasteiger partial charge in [0.15, 0.2) is 4.96 Å². The normalized spacial score (nSPS) is 11.2. The molecule has 3 aromatic rings. The second kappa shape index (κ2) is 5.87. The number of aryl methyl sites for hydroxylation is 2. The van der Waals surface area contributed by atoms with Crippen molar-refractivity contribution in [3.8, 4) is 5.75 Å². The average Bonchev–Trinajstić information content (AvgIpc) is 2.96. The van der Waals surface area contributed by atoms with Crippen LogP contribution in [0.4, 0.5) is 0 Å². The molecule has 0 bridgehead atoms. The van der Waals surface area contributed by atoms with Gasteiger partial charge in [-0.1, -0.05) is 12.1 Å². The predicted molar refractivity (Wildman–Crippen MR) is 86.1 cm³/mol. The lowest BCUT2D eigenvalue weighted by Gasteiger charge is -2.07. The van der Waals surface area contributed by atoms with E-state index < -0.39 is 0 Å². The maximum Gasteiger partial charge on any atom is 0.194 e. The number of fused-ring (bicyclic) bond motifs is 1. The summed E-state index contributed by atoms with van der Waals surface area (Å²) in [5.74, 6) is 0.894. The lowest BCUT2D eigenvalue weighted by Crippen LogP contribution is -2.14. The van der Waals surface area contributed by atoms with Crippen molar-refractivity contribution in [3.05, 3.63) is 52.3 Å². The van der Waals surface area contributed by atoms with Gasteiger partial charge in [0.05, 0.1) is 18.5 Å². The number of thiazole rings is 1. The van der Waals surface area contributed by atoms with Gasteiger partial charge in [0.25, 0.3) is 0 Å². The Hall–Kier alpha value is -1.85. The van der Waals surface area contributed by atoms with Gasteiger partial charge in [-0.05, 0) is 31.5 Å². The van der Waals surface area contributed by atoms with Crippen LogP contribution in [0.25, 0.3) is 4.96 Å². The van der Waals surface area contributed by atoms with Crippen molar-refractivity contribution < 1.29 is 4.74 Å². The van der Waals surface area contributed by atoms with Gasteiger partial charge in [0, 0.05) is 24.2 Å². The van der Waals surface area contributed by atoms with E-state index in [1.54, 1.807) is 18.4 Å². The Morgan fingerprint density at radius 1 is 1.29 bits per heavy atom. The van der Waals surface area contributed by atoms with E-state index in [4.69, 9.17) is 4.74 Å². The molecule has 0 aliphatic heterocycles. The van der Waals surface area contributed by atoms with Gasteiger partial charge in [-0.2, -0.15) is 0 Å². The molecule has 0 saturated carbocycles. The number of methoxy groups -OCH3 is 1. The lowest BCUT2D eigenvalue weighted by atomic mass is 10.2. The van der Waals surface area contributed by atoms with Crippen LogP contribution in [0, 0.1) is 13.8 Å². The number of nitrogens with one attached hydrogen (secondary N) is 1. The molecular formula is C16H19N3OS. The van der Waals surface area contributed by atoms with Crippen LogP contribution in [0.5, 0.6) is 5.75 Å². The first-order chi connectivity index (χ1) is 10.2. The van der Waals surface area contributed by atoms with Crippen molar-refractivity contribution in [2.75, 3.05) is 7.11 Å². The van der Waals surface area contributed by atoms with Crippen molar-refractivity contribution in [2.45, 2.75) is 26.9 Å². The van der Waals surface area contributed by atoms with E-state index in [9.17, 15) is 0 Å². The highest BCUT2D eigenvalue weighted by molar-refractivity contribution is 7.17. The Bertz CT molecular complexity index is 760. The maximum absolute atomic E-state index is 5.25. The zero-order valence-electron chi connectivity index (χ0n) is 12.5. The number of ether oxygens (including phenoxy) is 1. The molecule has 0 radical (unpaired) electrons. The minimum atomic E-state index is 0.806. The summed E-state index contributed by atoms with van der Waals surface area (Å²) in [7, 11) is 1.69. The van der Waals surface area contributed by atoms with Gasteiger partial charge < -0.3 is 10.1 Å².